The summed E-state index contributed by atoms with van der Waals surface area (Å²) in [6, 6.07) is 0. The molecule has 0 amide bonds. The summed E-state index contributed by atoms with van der Waals surface area (Å²) in [5.74, 6) is 0. The van der Waals surface area contributed by atoms with Gasteiger partial charge in [-0.15, -0.1) is 11.3 Å². The van der Waals surface area contributed by atoms with Gasteiger partial charge in [-0.3, -0.25) is 4.57 Å². The van der Waals surface area contributed by atoms with Crippen LogP contribution in [-0.2, 0) is 5.33 Å². The van der Waals surface area contributed by atoms with Crippen LogP contribution in [0.25, 0.3) is 5.13 Å². The monoisotopic (exact) mass is 243 g/mol. The van der Waals surface area contributed by atoms with Crippen molar-refractivity contribution < 1.29 is 0 Å². The van der Waals surface area contributed by atoms with Crippen molar-refractivity contribution in [2.24, 2.45) is 0 Å². The van der Waals surface area contributed by atoms with Gasteiger partial charge in [0.15, 0.2) is 5.13 Å². The van der Waals surface area contributed by atoms with Crippen LogP contribution in [0.5, 0.6) is 0 Å². The molecule has 0 spiro atoms. The summed E-state index contributed by atoms with van der Waals surface area (Å²) in [7, 11) is 0. The molecule has 0 aliphatic carbocycles. The van der Waals surface area contributed by atoms with Crippen molar-refractivity contribution >= 4 is 27.3 Å². The first-order chi connectivity index (χ1) is 5.90. The van der Waals surface area contributed by atoms with E-state index in [2.05, 4.69) is 25.9 Å². The van der Waals surface area contributed by atoms with E-state index in [-0.39, 0.29) is 0 Å². The van der Waals surface area contributed by atoms with E-state index < -0.39 is 0 Å². The lowest BCUT2D eigenvalue weighted by Gasteiger charge is -1.91. The summed E-state index contributed by atoms with van der Waals surface area (Å²) < 4.78 is 1.92. The molecule has 62 valence electrons. The first kappa shape index (κ1) is 7.94. The van der Waals surface area contributed by atoms with Crippen LogP contribution >= 0.6 is 27.3 Å². The third-order valence-corrected chi connectivity index (χ3v) is 2.77. The van der Waals surface area contributed by atoms with E-state index in [1.165, 1.54) is 0 Å². The molecule has 0 saturated heterocycles. The van der Waals surface area contributed by atoms with Gasteiger partial charge in [-0.05, 0) is 0 Å². The number of alkyl halides is 1. The predicted octanol–water partition coefficient (Wildman–Crippen LogP) is 2.22. The van der Waals surface area contributed by atoms with Crippen molar-refractivity contribution in [1.29, 1.82) is 0 Å². The molecule has 2 aromatic heterocycles. The lowest BCUT2D eigenvalue weighted by molar-refractivity contribution is 1.03. The smallest absolute Gasteiger partial charge is 0.194 e. The number of imidazole rings is 1. The molecule has 0 radical (unpaired) electrons. The minimum Gasteiger partial charge on any atom is -0.281 e. The van der Waals surface area contributed by atoms with Crippen molar-refractivity contribution in [2.75, 3.05) is 0 Å². The van der Waals surface area contributed by atoms with Gasteiger partial charge in [-0.1, -0.05) is 15.9 Å². The summed E-state index contributed by atoms with van der Waals surface area (Å²) in [5.41, 5.74) is 1.02. The molecule has 2 heterocycles. The maximum atomic E-state index is 4.17. The van der Waals surface area contributed by atoms with Gasteiger partial charge in [0, 0.05) is 23.1 Å². The molecule has 5 heteroatoms. The zero-order chi connectivity index (χ0) is 8.39. The summed E-state index contributed by atoms with van der Waals surface area (Å²) >= 11 is 4.94. The molecule has 0 saturated carbocycles. The van der Waals surface area contributed by atoms with Crippen LogP contribution in [0.2, 0.25) is 0 Å². The standard InChI is InChI=1S/C7H6BrN3S/c8-3-6-4-11(5-10-6)7-9-1-2-12-7/h1-2,4-5H,3H2. The van der Waals surface area contributed by atoms with E-state index >= 15 is 0 Å². The Morgan fingerprint density at radius 1 is 1.50 bits per heavy atom. The molecule has 0 aromatic carbocycles. The van der Waals surface area contributed by atoms with Gasteiger partial charge >= 0.3 is 0 Å². The Balaban J connectivity index is 2.35. The van der Waals surface area contributed by atoms with Gasteiger partial charge in [0.2, 0.25) is 0 Å². The van der Waals surface area contributed by atoms with Crippen molar-refractivity contribution in [3.05, 3.63) is 29.8 Å². The lowest BCUT2D eigenvalue weighted by atomic mass is 10.6. The normalized spacial score (nSPS) is 10.4. The summed E-state index contributed by atoms with van der Waals surface area (Å²) in [4.78, 5) is 8.33. The Morgan fingerprint density at radius 3 is 3.00 bits per heavy atom. The molecule has 3 nitrogen and oxygen atoms in total. The first-order valence-electron chi connectivity index (χ1n) is 3.39. The van der Waals surface area contributed by atoms with Crippen LogP contribution in [-0.4, -0.2) is 14.5 Å². The number of hydrogen-bond acceptors (Lipinski definition) is 3. The highest BCUT2D eigenvalue weighted by Crippen LogP contribution is 2.12. The number of aromatic nitrogens is 3. The van der Waals surface area contributed by atoms with Gasteiger partial charge in [0.05, 0.1) is 5.69 Å². The summed E-state index contributed by atoms with van der Waals surface area (Å²) in [6.45, 7) is 0. The SMILES string of the molecule is BrCc1cn(-c2nccs2)cn1. The van der Waals surface area contributed by atoms with E-state index in [0.29, 0.717) is 0 Å². The average molecular weight is 244 g/mol. The maximum absolute atomic E-state index is 4.17. The van der Waals surface area contributed by atoms with E-state index in [4.69, 9.17) is 0 Å². The fraction of sp³-hybridized carbons (Fsp3) is 0.143. The molecule has 0 N–H and O–H groups in total. The van der Waals surface area contributed by atoms with Crippen LogP contribution in [0.4, 0.5) is 0 Å². The van der Waals surface area contributed by atoms with E-state index in [0.717, 1.165) is 16.2 Å². The minimum absolute atomic E-state index is 0.783. The lowest BCUT2D eigenvalue weighted by Crippen LogP contribution is -1.86. The van der Waals surface area contributed by atoms with Crippen molar-refractivity contribution in [1.82, 2.24) is 14.5 Å². The second-order valence-corrected chi connectivity index (χ2v) is 3.65. The first-order valence-corrected chi connectivity index (χ1v) is 5.39. The highest BCUT2D eigenvalue weighted by atomic mass is 79.9. The minimum atomic E-state index is 0.783. The second kappa shape index (κ2) is 3.37. The van der Waals surface area contributed by atoms with Gasteiger partial charge in [-0.25, -0.2) is 9.97 Å². The third kappa shape index (κ3) is 1.42. The Hall–Kier alpha value is -0.680. The Labute approximate surface area is 82.2 Å². The highest BCUT2D eigenvalue weighted by Gasteiger charge is 2.00. The summed E-state index contributed by atoms with van der Waals surface area (Å²) in [5, 5.41) is 3.68. The van der Waals surface area contributed by atoms with Gasteiger partial charge < -0.3 is 0 Å². The van der Waals surface area contributed by atoms with Crippen molar-refractivity contribution in [2.45, 2.75) is 5.33 Å². The molecule has 0 unspecified atom stereocenters. The van der Waals surface area contributed by atoms with Crippen LogP contribution in [0.1, 0.15) is 5.69 Å². The Morgan fingerprint density at radius 2 is 2.42 bits per heavy atom. The fourth-order valence-electron chi connectivity index (χ4n) is 0.881. The van der Waals surface area contributed by atoms with Gasteiger partial charge in [-0.2, -0.15) is 0 Å². The zero-order valence-electron chi connectivity index (χ0n) is 6.14. The number of rotatable bonds is 2. The zero-order valence-corrected chi connectivity index (χ0v) is 8.55. The molecule has 0 bridgehead atoms. The van der Waals surface area contributed by atoms with Crippen LogP contribution in [0, 0.1) is 0 Å². The van der Waals surface area contributed by atoms with Crippen molar-refractivity contribution in [3.63, 3.8) is 0 Å². The quantitative estimate of drug-likeness (QED) is 0.758. The molecule has 2 rings (SSSR count). The van der Waals surface area contributed by atoms with E-state index in [1.54, 1.807) is 23.9 Å². The molecular formula is C7H6BrN3S. The maximum Gasteiger partial charge on any atom is 0.194 e. The number of nitrogens with zero attached hydrogens (tertiary/aromatic N) is 3. The number of halogens is 1. The van der Waals surface area contributed by atoms with Crippen LogP contribution < -0.4 is 0 Å². The third-order valence-electron chi connectivity index (χ3n) is 1.41. The molecular weight excluding hydrogens is 238 g/mol. The molecule has 0 aliphatic heterocycles. The molecule has 0 fully saturated rings. The van der Waals surface area contributed by atoms with E-state index in [9.17, 15) is 0 Å². The number of hydrogen-bond donors (Lipinski definition) is 0. The Bertz CT molecular complexity index is 354. The molecule has 0 aliphatic rings. The largest absolute Gasteiger partial charge is 0.281 e. The highest BCUT2D eigenvalue weighted by molar-refractivity contribution is 9.08. The molecule has 12 heavy (non-hydrogen) atoms. The Kier molecular flexibility index (Phi) is 2.23. The predicted molar refractivity (Wildman–Crippen MR) is 51.9 cm³/mol. The summed E-state index contributed by atoms with van der Waals surface area (Å²) in [6.07, 6.45) is 5.52. The van der Waals surface area contributed by atoms with Gasteiger partial charge in [0.25, 0.3) is 0 Å². The van der Waals surface area contributed by atoms with Crippen LogP contribution in [0.3, 0.4) is 0 Å². The van der Waals surface area contributed by atoms with Gasteiger partial charge in [0.1, 0.15) is 6.33 Å². The fourth-order valence-corrected chi connectivity index (χ4v) is 1.76. The molecule has 0 atom stereocenters. The topological polar surface area (TPSA) is 30.7 Å². The molecule has 2 aromatic rings. The average Bonchev–Trinajstić information content (AvgIpc) is 2.75. The van der Waals surface area contributed by atoms with Crippen molar-refractivity contribution in [3.8, 4) is 5.13 Å². The number of thiazole rings is 1. The van der Waals surface area contributed by atoms with Crippen LogP contribution in [0.15, 0.2) is 24.1 Å². The second-order valence-electron chi connectivity index (χ2n) is 2.22. The van der Waals surface area contributed by atoms with E-state index in [1.807, 2.05) is 16.1 Å².